The van der Waals surface area contributed by atoms with Crippen molar-refractivity contribution in [2.75, 3.05) is 0 Å². The number of para-hydroxylation sites is 1. The highest BCUT2D eigenvalue weighted by Gasteiger charge is 2.06. The van der Waals surface area contributed by atoms with E-state index < -0.39 is 0 Å². The molecular weight excluding hydrogens is 271 g/mol. The van der Waals surface area contributed by atoms with Crippen molar-refractivity contribution in [2.45, 2.75) is 6.61 Å². The minimum absolute atomic E-state index is 0.238. The van der Waals surface area contributed by atoms with Gasteiger partial charge in [-0.1, -0.05) is 35.3 Å². The van der Waals surface area contributed by atoms with Gasteiger partial charge in [0.15, 0.2) is 0 Å². The van der Waals surface area contributed by atoms with E-state index in [-0.39, 0.29) is 6.61 Å². The Morgan fingerprint density at radius 1 is 1.17 bits per heavy atom. The Labute approximate surface area is 115 Å². The van der Waals surface area contributed by atoms with Crippen LogP contribution < -0.4 is 4.74 Å². The number of nitriles is 1. The fourth-order valence-electron chi connectivity index (χ4n) is 1.39. The molecule has 0 saturated carbocycles. The van der Waals surface area contributed by atoms with E-state index in [9.17, 15) is 0 Å². The number of rotatable bonds is 3. The number of benzene rings is 1. The predicted molar refractivity (Wildman–Crippen MR) is 69.7 cm³/mol. The van der Waals surface area contributed by atoms with Crippen LogP contribution in [0.15, 0.2) is 36.4 Å². The maximum absolute atomic E-state index is 8.92. The van der Waals surface area contributed by atoms with Gasteiger partial charge in [-0.3, -0.25) is 0 Å². The van der Waals surface area contributed by atoms with Gasteiger partial charge < -0.3 is 4.74 Å². The predicted octanol–water partition coefficient (Wildman–Crippen LogP) is 3.84. The number of pyridine rings is 1. The van der Waals surface area contributed by atoms with Gasteiger partial charge >= 0.3 is 0 Å². The van der Waals surface area contributed by atoms with E-state index in [1.165, 1.54) is 0 Å². The summed E-state index contributed by atoms with van der Waals surface area (Å²) in [5.74, 6) is 0.519. The summed E-state index contributed by atoms with van der Waals surface area (Å²) in [4.78, 5) is 3.91. The molecule has 1 heterocycles. The van der Waals surface area contributed by atoms with Gasteiger partial charge in [0.05, 0.1) is 5.56 Å². The number of hydrogen-bond donors (Lipinski definition) is 0. The first-order chi connectivity index (χ1) is 8.70. The number of halogens is 2. The summed E-state index contributed by atoms with van der Waals surface area (Å²) in [6.45, 7) is 0.238. The van der Waals surface area contributed by atoms with E-state index in [2.05, 4.69) is 11.1 Å². The summed E-state index contributed by atoms with van der Waals surface area (Å²) in [6.07, 6.45) is 0. The lowest BCUT2D eigenvalue weighted by atomic mass is 10.2. The molecule has 1 aromatic heterocycles. The first-order valence-electron chi connectivity index (χ1n) is 5.13. The third-order valence-corrected chi connectivity index (χ3v) is 2.82. The third kappa shape index (κ3) is 2.92. The maximum atomic E-state index is 8.92. The lowest BCUT2D eigenvalue weighted by molar-refractivity contribution is 0.305. The number of nitrogens with zero attached hydrogens (tertiary/aromatic N) is 2. The Morgan fingerprint density at radius 3 is 2.67 bits per heavy atom. The van der Waals surface area contributed by atoms with Crippen LogP contribution in [0.5, 0.6) is 5.75 Å². The second kappa shape index (κ2) is 5.72. The first-order valence-corrected chi connectivity index (χ1v) is 5.89. The average molecular weight is 279 g/mol. The van der Waals surface area contributed by atoms with Gasteiger partial charge in [0.2, 0.25) is 0 Å². The molecular formula is C13H8Cl2N2O. The molecule has 0 aliphatic carbocycles. The van der Waals surface area contributed by atoms with Crippen molar-refractivity contribution in [3.05, 3.63) is 57.8 Å². The Hall–Kier alpha value is -1.76. The first kappa shape index (κ1) is 12.7. The standard InChI is InChI=1S/C13H8Cl2N2O/c14-12-6-5-10(13(15)17-12)8-18-11-4-2-1-3-9(11)7-16/h1-6H,8H2. The highest BCUT2D eigenvalue weighted by atomic mass is 35.5. The van der Waals surface area contributed by atoms with Crippen LogP contribution in [0.2, 0.25) is 10.3 Å². The van der Waals surface area contributed by atoms with Crippen molar-refractivity contribution in [1.29, 1.82) is 5.26 Å². The van der Waals surface area contributed by atoms with E-state index >= 15 is 0 Å². The zero-order valence-corrected chi connectivity index (χ0v) is 10.7. The molecule has 0 amide bonds. The average Bonchev–Trinajstić information content (AvgIpc) is 2.38. The lowest BCUT2D eigenvalue weighted by Gasteiger charge is -2.08. The van der Waals surface area contributed by atoms with Gasteiger partial charge in [0.1, 0.15) is 28.7 Å². The molecule has 5 heteroatoms. The van der Waals surface area contributed by atoms with Crippen LogP contribution in [0, 0.1) is 11.3 Å². The van der Waals surface area contributed by atoms with Gasteiger partial charge in [-0.25, -0.2) is 4.98 Å². The van der Waals surface area contributed by atoms with Gasteiger partial charge in [-0.15, -0.1) is 0 Å². The molecule has 2 rings (SSSR count). The third-order valence-electron chi connectivity index (χ3n) is 2.28. The van der Waals surface area contributed by atoms with E-state index in [1.54, 1.807) is 36.4 Å². The summed E-state index contributed by atoms with van der Waals surface area (Å²) in [5, 5.41) is 9.56. The highest BCUT2D eigenvalue weighted by molar-refractivity contribution is 6.32. The number of aromatic nitrogens is 1. The molecule has 1 aromatic carbocycles. The molecule has 0 fully saturated rings. The van der Waals surface area contributed by atoms with Gasteiger partial charge in [0.25, 0.3) is 0 Å². The molecule has 18 heavy (non-hydrogen) atoms. The van der Waals surface area contributed by atoms with Crippen molar-refractivity contribution in [1.82, 2.24) is 4.98 Å². The van der Waals surface area contributed by atoms with Crippen LogP contribution in [0.25, 0.3) is 0 Å². The molecule has 3 nitrogen and oxygen atoms in total. The molecule has 0 spiro atoms. The Balaban J connectivity index is 2.14. The van der Waals surface area contributed by atoms with E-state index in [0.717, 1.165) is 0 Å². The lowest BCUT2D eigenvalue weighted by Crippen LogP contribution is -1.99. The fraction of sp³-hybridized carbons (Fsp3) is 0.0769. The smallest absolute Gasteiger partial charge is 0.137 e. The minimum Gasteiger partial charge on any atom is -0.487 e. The molecule has 0 aliphatic heterocycles. The quantitative estimate of drug-likeness (QED) is 0.802. The highest BCUT2D eigenvalue weighted by Crippen LogP contribution is 2.21. The summed E-state index contributed by atoms with van der Waals surface area (Å²) < 4.78 is 5.54. The van der Waals surface area contributed by atoms with Crippen LogP contribution >= 0.6 is 23.2 Å². The van der Waals surface area contributed by atoms with Crippen molar-refractivity contribution >= 4 is 23.2 Å². The summed E-state index contributed by atoms with van der Waals surface area (Å²) in [6, 6.07) is 12.5. The van der Waals surface area contributed by atoms with Gasteiger partial charge in [-0.05, 0) is 24.3 Å². The fourth-order valence-corrected chi connectivity index (χ4v) is 1.79. The minimum atomic E-state index is 0.238. The maximum Gasteiger partial charge on any atom is 0.137 e. The molecule has 2 aromatic rings. The molecule has 0 radical (unpaired) electrons. The molecule has 0 aliphatic rings. The van der Waals surface area contributed by atoms with Gasteiger partial charge in [0, 0.05) is 5.56 Å². The van der Waals surface area contributed by atoms with E-state index in [1.807, 2.05) is 0 Å². The molecule has 0 unspecified atom stereocenters. The van der Waals surface area contributed by atoms with Gasteiger partial charge in [-0.2, -0.15) is 5.26 Å². The number of hydrogen-bond acceptors (Lipinski definition) is 3. The normalized spacial score (nSPS) is 9.83. The Kier molecular flexibility index (Phi) is 4.03. The van der Waals surface area contributed by atoms with Crippen molar-refractivity contribution < 1.29 is 4.74 Å². The topological polar surface area (TPSA) is 45.9 Å². The van der Waals surface area contributed by atoms with Crippen LogP contribution in [0.1, 0.15) is 11.1 Å². The zero-order valence-electron chi connectivity index (χ0n) is 9.23. The molecule has 0 N–H and O–H groups in total. The number of ether oxygens (including phenoxy) is 1. The van der Waals surface area contributed by atoms with E-state index in [0.29, 0.717) is 27.2 Å². The largest absolute Gasteiger partial charge is 0.487 e. The molecule has 0 saturated heterocycles. The summed E-state index contributed by atoms with van der Waals surface area (Å²) in [5.41, 5.74) is 1.20. The van der Waals surface area contributed by atoms with Crippen LogP contribution in [0.3, 0.4) is 0 Å². The molecule has 0 bridgehead atoms. The Bertz CT molecular complexity index is 608. The van der Waals surface area contributed by atoms with E-state index in [4.69, 9.17) is 33.2 Å². The van der Waals surface area contributed by atoms with Crippen molar-refractivity contribution in [2.24, 2.45) is 0 Å². The van der Waals surface area contributed by atoms with Crippen LogP contribution in [-0.4, -0.2) is 4.98 Å². The summed E-state index contributed by atoms with van der Waals surface area (Å²) in [7, 11) is 0. The molecule has 90 valence electrons. The van der Waals surface area contributed by atoms with Crippen LogP contribution in [0.4, 0.5) is 0 Å². The summed E-state index contributed by atoms with van der Waals surface area (Å²) >= 11 is 11.6. The van der Waals surface area contributed by atoms with Crippen LogP contribution in [-0.2, 0) is 6.61 Å². The monoisotopic (exact) mass is 278 g/mol. The second-order valence-corrected chi connectivity index (χ2v) is 4.23. The second-order valence-electron chi connectivity index (χ2n) is 3.48. The van der Waals surface area contributed by atoms with Crippen molar-refractivity contribution in [3.8, 4) is 11.8 Å². The molecule has 0 atom stereocenters. The SMILES string of the molecule is N#Cc1ccccc1OCc1ccc(Cl)nc1Cl. The van der Waals surface area contributed by atoms with Crippen molar-refractivity contribution in [3.63, 3.8) is 0 Å². The Morgan fingerprint density at radius 2 is 1.94 bits per heavy atom. The zero-order chi connectivity index (χ0) is 13.0.